The van der Waals surface area contributed by atoms with E-state index in [0.29, 0.717) is 12.2 Å². The SMILES string of the molecule is CC(C)c1[nH]nc(C(=O)NCCCCCCO)c1N. The summed E-state index contributed by atoms with van der Waals surface area (Å²) in [6.45, 7) is 4.82. The zero-order chi connectivity index (χ0) is 14.3. The molecule has 0 aliphatic heterocycles. The molecule has 1 amide bonds. The Morgan fingerprint density at radius 3 is 2.63 bits per heavy atom. The fraction of sp³-hybridized carbons (Fsp3) is 0.692. The Labute approximate surface area is 113 Å². The van der Waals surface area contributed by atoms with Crippen molar-refractivity contribution in [2.45, 2.75) is 45.4 Å². The van der Waals surface area contributed by atoms with Crippen molar-refractivity contribution in [1.82, 2.24) is 15.5 Å². The molecular weight excluding hydrogens is 244 g/mol. The average Bonchev–Trinajstić information content (AvgIpc) is 2.75. The monoisotopic (exact) mass is 268 g/mol. The minimum absolute atomic E-state index is 0.215. The van der Waals surface area contributed by atoms with Crippen molar-refractivity contribution in [3.63, 3.8) is 0 Å². The molecule has 0 saturated heterocycles. The van der Waals surface area contributed by atoms with Crippen LogP contribution in [-0.4, -0.2) is 34.4 Å². The van der Waals surface area contributed by atoms with Gasteiger partial charge in [-0.3, -0.25) is 9.89 Å². The van der Waals surface area contributed by atoms with E-state index in [2.05, 4.69) is 15.5 Å². The van der Waals surface area contributed by atoms with Gasteiger partial charge in [0.2, 0.25) is 0 Å². The van der Waals surface area contributed by atoms with Gasteiger partial charge in [0, 0.05) is 13.2 Å². The molecule has 0 radical (unpaired) electrons. The number of amides is 1. The Balaban J connectivity index is 2.37. The van der Waals surface area contributed by atoms with Crippen LogP contribution in [0.3, 0.4) is 0 Å². The number of anilines is 1. The topological polar surface area (TPSA) is 104 Å². The lowest BCUT2D eigenvalue weighted by molar-refractivity contribution is 0.0948. The van der Waals surface area contributed by atoms with E-state index in [1.54, 1.807) is 0 Å². The number of aliphatic hydroxyl groups excluding tert-OH is 1. The molecule has 0 atom stereocenters. The lowest BCUT2D eigenvalue weighted by Gasteiger charge is -2.05. The Morgan fingerprint density at radius 2 is 2.05 bits per heavy atom. The molecule has 19 heavy (non-hydrogen) atoms. The molecule has 0 saturated carbocycles. The summed E-state index contributed by atoms with van der Waals surface area (Å²) in [6.07, 6.45) is 3.69. The third-order valence-corrected chi connectivity index (χ3v) is 3.00. The third-order valence-electron chi connectivity index (χ3n) is 3.00. The normalized spacial score (nSPS) is 10.9. The number of nitrogens with zero attached hydrogens (tertiary/aromatic N) is 1. The number of carbonyl (C=O) groups is 1. The molecule has 0 aromatic carbocycles. The molecule has 1 heterocycles. The Morgan fingerprint density at radius 1 is 1.37 bits per heavy atom. The maximum absolute atomic E-state index is 11.9. The van der Waals surface area contributed by atoms with Crippen LogP contribution in [0.1, 0.15) is 61.6 Å². The summed E-state index contributed by atoms with van der Waals surface area (Å²) >= 11 is 0. The standard InChI is InChI=1S/C13H24N4O2/c1-9(2)11-10(14)12(17-16-11)13(19)15-7-5-3-4-6-8-18/h9,18H,3-8,14H2,1-2H3,(H,15,19)(H,16,17). The highest BCUT2D eigenvalue weighted by Gasteiger charge is 2.18. The summed E-state index contributed by atoms with van der Waals surface area (Å²) in [6, 6.07) is 0. The van der Waals surface area contributed by atoms with Gasteiger partial charge in [-0.05, 0) is 18.8 Å². The third kappa shape index (κ3) is 4.55. The van der Waals surface area contributed by atoms with E-state index >= 15 is 0 Å². The number of aromatic amines is 1. The molecule has 0 spiro atoms. The molecule has 0 bridgehead atoms. The predicted octanol–water partition coefficient (Wildman–Crippen LogP) is 1.40. The first-order chi connectivity index (χ1) is 9.07. The van der Waals surface area contributed by atoms with Crippen LogP contribution in [0.2, 0.25) is 0 Å². The van der Waals surface area contributed by atoms with E-state index in [4.69, 9.17) is 10.8 Å². The van der Waals surface area contributed by atoms with E-state index in [1.165, 1.54) is 0 Å². The quantitative estimate of drug-likeness (QED) is 0.535. The highest BCUT2D eigenvalue weighted by atomic mass is 16.2. The molecule has 0 fully saturated rings. The molecule has 0 unspecified atom stereocenters. The van der Waals surface area contributed by atoms with Gasteiger partial charge in [0.15, 0.2) is 5.69 Å². The van der Waals surface area contributed by atoms with Crippen LogP contribution in [0.25, 0.3) is 0 Å². The Kier molecular flexibility index (Phi) is 6.35. The lowest BCUT2D eigenvalue weighted by atomic mass is 10.1. The van der Waals surface area contributed by atoms with E-state index in [0.717, 1.165) is 31.4 Å². The second-order valence-electron chi connectivity index (χ2n) is 4.95. The van der Waals surface area contributed by atoms with Gasteiger partial charge in [0.05, 0.1) is 11.4 Å². The molecule has 0 aliphatic carbocycles. The first-order valence-corrected chi connectivity index (χ1v) is 6.80. The number of unbranched alkanes of at least 4 members (excludes halogenated alkanes) is 3. The zero-order valence-electron chi connectivity index (χ0n) is 11.7. The summed E-state index contributed by atoms with van der Waals surface area (Å²) in [4.78, 5) is 11.9. The van der Waals surface area contributed by atoms with Crippen LogP contribution < -0.4 is 11.1 Å². The van der Waals surface area contributed by atoms with Crippen LogP contribution in [0.5, 0.6) is 0 Å². The maximum atomic E-state index is 11.9. The van der Waals surface area contributed by atoms with Gasteiger partial charge in [0.1, 0.15) is 0 Å². The number of nitrogens with one attached hydrogen (secondary N) is 2. The first-order valence-electron chi connectivity index (χ1n) is 6.80. The van der Waals surface area contributed by atoms with E-state index < -0.39 is 0 Å². The zero-order valence-corrected chi connectivity index (χ0v) is 11.7. The second kappa shape index (κ2) is 7.78. The highest BCUT2D eigenvalue weighted by Crippen LogP contribution is 2.21. The van der Waals surface area contributed by atoms with Crippen LogP contribution >= 0.6 is 0 Å². The number of rotatable bonds is 8. The van der Waals surface area contributed by atoms with Gasteiger partial charge in [-0.15, -0.1) is 0 Å². The maximum Gasteiger partial charge on any atom is 0.273 e. The van der Waals surface area contributed by atoms with Gasteiger partial charge >= 0.3 is 0 Å². The molecule has 1 aromatic heterocycles. The molecule has 0 aliphatic rings. The fourth-order valence-electron chi connectivity index (χ4n) is 1.85. The van der Waals surface area contributed by atoms with Crippen LogP contribution in [0, 0.1) is 0 Å². The highest BCUT2D eigenvalue weighted by molar-refractivity contribution is 5.97. The molecule has 6 heteroatoms. The van der Waals surface area contributed by atoms with Crippen molar-refractivity contribution in [3.8, 4) is 0 Å². The number of H-pyrrole nitrogens is 1. The number of aliphatic hydroxyl groups is 1. The number of carbonyl (C=O) groups excluding carboxylic acids is 1. The molecule has 6 nitrogen and oxygen atoms in total. The molecule has 1 rings (SSSR count). The van der Waals surface area contributed by atoms with Crippen LogP contribution in [0.15, 0.2) is 0 Å². The number of hydrogen-bond acceptors (Lipinski definition) is 4. The summed E-state index contributed by atoms with van der Waals surface area (Å²) < 4.78 is 0. The smallest absolute Gasteiger partial charge is 0.273 e. The number of aromatic nitrogens is 2. The van der Waals surface area contributed by atoms with Gasteiger partial charge < -0.3 is 16.2 Å². The van der Waals surface area contributed by atoms with Gasteiger partial charge in [0.25, 0.3) is 5.91 Å². The number of hydrogen-bond donors (Lipinski definition) is 4. The van der Waals surface area contributed by atoms with Gasteiger partial charge in [-0.25, -0.2) is 0 Å². The summed E-state index contributed by atoms with van der Waals surface area (Å²) in [5.41, 5.74) is 7.41. The van der Waals surface area contributed by atoms with Gasteiger partial charge in [-0.1, -0.05) is 26.7 Å². The van der Waals surface area contributed by atoms with Crippen molar-refractivity contribution in [1.29, 1.82) is 0 Å². The van der Waals surface area contributed by atoms with E-state index in [9.17, 15) is 4.79 Å². The minimum Gasteiger partial charge on any atom is -0.396 e. The largest absolute Gasteiger partial charge is 0.396 e. The van der Waals surface area contributed by atoms with Crippen molar-refractivity contribution in [2.24, 2.45) is 0 Å². The lowest BCUT2D eigenvalue weighted by Crippen LogP contribution is -2.25. The fourth-order valence-corrected chi connectivity index (χ4v) is 1.85. The molecule has 5 N–H and O–H groups in total. The number of nitrogen functional groups attached to an aromatic ring is 1. The summed E-state index contributed by atoms with van der Waals surface area (Å²) in [5, 5.41) is 18.2. The van der Waals surface area contributed by atoms with Crippen molar-refractivity contribution in [3.05, 3.63) is 11.4 Å². The van der Waals surface area contributed by atoms with E-state index in [-0.39, 0.29) is 24.1 Å². The van der Waals surface area contributed by atoms with Crippen LogP contribution in [0.4, 0.5) is 5.69 Å². The summed E-state index contributed by atoms with van der Waals surface area (Å²) in [7, 11) is 0. The predicted molar refractivity (Wildman–Crippen MR) is 75.0 cm³/mol. The van der Waals surface area contributed by atoms with Crippen LogP contribution in [-0.2, 0) is 0 Å². The Hall–Kier alpha value is -1.56. The van der Waals surface area contributed by atoms with Crippen molar-refractivity contribution >= 4 is 11.6 Å². The van der Waals surface area contributed by atoms with Gasteiger partial charge in [-0.2, -0.15) is 5.10 Å². The number of nitrogens with two attached hydrogens (primary N) is 1. The average molecular weight is 268 g/mol. The first kappa shape index (κ1) is 15.5. The minimum atomic E-state index is -0.234. The second-order valence-corrected chi connectivity index (χ2v) is 4.95. The summed E-state index contributed by atoms with van der Waals surface area (Å²) in [5.74, 6) is -0.0182. The molecular formula is C13H24N4O2. The van der Waals surface area contributed by atoms with E-state index in [1.807, 2.05) is 13.8 Å². The van der Waals surface area contributed by atoms with Crippen molar-refractivity contribution in [2.75, 3.05) is 18.9 Å². The Bertz CT molecular complexity index is 401. The van der Waals surface area contributed by atoms with Crippen molar-refractivity contribution < 1.29 is 9.90 Å². The molecule has 1 aromatic rings. The molecule has 108 valence electrons.